The van der Waals surface area contributed by atoms with E-state index in [2.05, 4.69) is 4.98 Å². The van der Waals surface area contributed by atoms with Crippen LogP contribution in [0, 0.1) is 0 Å². The molecule has 1 aromatic rings. The van der Waals surface area contributed by atoms with Crippen molar-refractivity contribution in [2.45, 2.75) is 25.3 Å². The smallest absolute Gasteiger partial charge is 0.320 e. The molecule has 0 saturated carbocycles. The number of rotatable bonds is 6. The first-order valence-corrected chi connectivity index (χ1v) is 6.12. The van der Waals surface area contributed by atoms with E-state index in [1.54, 1.807) is 12.1 Å². The van der Waals surface area contributed by atoms with Crippen molar-refractivity contribution in [3.05, 3.63) is 30.1 Å². The number of aromatic nitrogens is 1. The predicted octanol–water partition coefficient (Wildman–Crippen LogP) is -0.788. The van der Waals surface area contributed by atoms with Gasteiger partial charge in [-0.15, -0.1) is 0 Å². The van der Waals surface area contributed by atoms with E-state index in [9.17, 15) is 9.59 Å². The number of amides is 1. The molecule has 8 heteroatoms. The number of aliphatic carboxylic acids is 1. The van der Waals surface area contributed by atoms with Crippen LogP contribution in [0.2, 0.25) is 0 Å². The number of carbonyl (C=O) groups excluding carboxylic acids is 1. The van der Waals surface area contributed by atoms with E-state index in [0.717, 1.165) is 12.8 Å². The summed E-state index contributed by atoms with van der Waals surface area (Å²) in [5.74, 6) is 3.65. The summed E-state index contributed by atoms with van der Waals surface area (Å²) in [6, 6.07) is 2.45. The van der Waals surface area contributed by atoms with Crippen molar-refractivity contribution in [2.24, 2.45) is 17.3 Å². The van der Waals surface area contributed by atoms with Crippen molar-refractivity contribution in [1.82, 2.24) is 10.4 Å². The van der Waals surface area contributed by atoms with Crippen LogP contribution < -0.4 is 22.7 Å². The number of hydrazine groups is 1. The van der Waals surface area contributed by atoms with Gasteiger partial charge in [-0.25, -0.2) is 5.84 Å². The molecular formula is C12H21N5O3. The molecule has 8 N–H and O–H groups in total. The van der Waals surface area contributed by atoms with Gasteiger partial charge in [0.05, 0.1) is 0 Å². The molecular weight excluding hydrogens is 262 g/mol. The quantitative estimate of drug-likeness (QED) is 0.198. The minimum atomic E-state index is -0.933. The molecule has 1 atom stereocenters. The van der Waals surface area contributed by atoms with Crippen LogP contribution in [0.3, 0.4) is 0 Å². The molecule has 0 aromatic carbocycles. The van der Waals surface area contributed by atoms with Gasteiger partial charge in [0.15, 0.2) is 0 Å². The number of nitrogens with one attached hydrogen (secondary N) is 1. The molecule has 1 heterocycles. The lowest BCUT2D eigenvalue weighted by atomic mass is 10.1. The van der Waals surface area contributed by atoms with E-state index in [4.69, 9.17) is 22.4 Å². The maximum absolute atomic E-state index is 10.7. The van der Waals surface area contributed by atoms with Gasteiger partial charge in [0.1, 0.15) is 6.04 Å². The van der Waals surface area contributed by atoms with Crippen LogP contribution in [0.1, 0.15) is 29.6 Å². The highest BCUT2D eigenvalue weighted by molar-refractivity contribution is 5.93. The van der Waals surface area contributed by atoms with Crippen LogP contribution >= 0.6 is 0 Å². The molecule has 0 aliphatic rings. The highest BCUT2D eigenvalue weighted by Gasteiger charge is 2.09. The molecule has 0 bridgehead atoms. The highest BCUT2D eigenvalue weighted by Crippen LogP contribution is 1.97. The Morgan fingerprint density at radius 1 is 1.30 bits per heavy atom. The first-order valence-electron chi connectivity index (χ1n) is 6.12. The second-order valence-corrected chi connectivity index (χ2v) is 3.94. The third kappa shape index (κ3) is 8.14. The van der Waals surface area contributed by atoms with Crippen LogP contribution in [0.25, 0.3) is 0 Å². The Morgan fingerprint density at radius 2 is 1.90 bits per heavy atom. The van der Waals surface area contributed by atoms with Gasteiger partial charge in [-0.2, -0.15) is 0 Å². The molecule has 1 rings (SSSR count). The van der Waals surface area contributed by atoms with Gasteiger partial charge < -0.3 is 16.6 Å². The number of nitrogens with zero attached hydrogens (tertiary/aromatic N) is 1. The topological polar surface area (TPSA) is 157 Å². The van der Waals surface area contributed by atoms with Gasteiger partial charge in [0.25, 0.3) is 5.91 Å². The summed E-state index contributed by atoms with van der Waals surface area (Å²) >= 11 is 0. The zero-order valence-electron chi connectivity index (χ0n) is 11.2. The number of hydrogen-bond donors (Lipinski definition) is 5. The fraction of sp³-hybridized carbons (Fsp3) is 0.417. The third-order valence-electron chi connectivity index (χ3n) is 2.36. The fourth-order valence-electron chi connectivity index (χ4n) is 1.22. The van der Waals surface area contributed by atoms with Crippen molar-refractivity contribution in [3.63, 3.8) is 0 Å². The lowest BCUT2D eigenvalue weighted by Gasteiger charge is -2.03. The van der Waals surface area contributed by atoms with Gasteiger partial charge in [-0.05, 0) is 31.5 Å². The average molecular weight is 283 g/mol. The normalized spacial score (nSPS) is 10.9. The third-order valence-corrected chi connectivity index (χ3v) is 2.36. The summed E-state index contributed by atoms with van der Waals surface area (Å²) in [6.45, 7) is 0.604. The Hall–Kier alpha value is -2.03. The monoisotopic (exact) mass is 283 g/mol. The molecule has 0 aliphatic carbocycles. The van der Waals surface area contributed by atoms with E-state index in [0.29, 0.717) is 18.5 Å². The molecule has 0 unspecified atom stereocenters. The number of unbranched alkanes of at least 4 members (excludes halogenated alkanes) is 1. The molecule has 112 valence electrons. The van der Waals surface area contributed by atoms with E-state index < -0.39 is 12.0 Å². The van der Waals surface area contributed by atoms with E-state index >= 15 is 0 Å². The van der Waals surface area contributed by atoms with Crippen LogP contribution in [0.5, 0.6) is 0 Å². The van der Waals surface area contributed by atoms with Crippen molar-refractivity contribution in [3.8, 4) is 0 Å². The number of carbonyl (C=O) groups is 2. The van der Waals surface area contributed by atoms with E-state index in [1.807, 2.05) is 5.43 Å². The number of hydrogen-bond acceptors (Lipinski definition) is 6. The summed E-state index contributed by atoms with van der Waals surface area (Å²) in [5.41, 5.74) is 12.9. The van der Waals surface area contributed by atoms with Gasteiger partial charge >= 0.3 is 5.97 Å². The molecule has 20 heavy (non-hydrogen) atoms. The average Bonchev–Trinajstić information content (AvgIpc) is 2.48. The first-order chi connectivity index (χ1) is 9.52. The summed E-state index contributed by atoms with van der Waals surface area (Å²) in [4.78, 5) is 24.6. The largest absolute Gasteiger partial charge is 0.480 e. The zero-order chi connectivity index (χ0) is 15.4. The molecule has 0 spiro atoms. The highest BCUT2D eigenvalue weighted by atomic mass is 16.4. The molecule has 0 fully saturated rings. The van der Waals surface area contributed by atoms with E-state index in [1.165, 1.54) is 12.4 Å². The predicted molar refractivity (Wildman–Crippen MR) is 74.4 cm³/mol. The lowest BCUT2D eigenvalue weighted by Crippen LogP contribution is -2.29. The van der Waals surface area contributed by atoms with Gasteiger partial charge in [0, 0.05) is 18.0 Å². The molecule has 0 saturated heterocycles. The van der Waals surface area contributed by atoms with E-state index in [-0.39, 0.29) is 5.91 Å². The second-order valence-electron chi connectivity index (χ2n) is 3.94. The van der Waals surface area contributed by atoms with Crippen LogP contribution in [-0.4, -0.2) is 34.6 Å². The lowest BCUT2D eigenvalue weighted by molar-refractivity contribution is -0.138. The zero-order valence-corrected chi connectivity index (χ0v) is 11.2. The Balaban J connectivity index is 0.000000361. The molecule has 1 amide bonds. The SMILES string of the molecule is NCCCC[C@H](N)C(=O)O.NNC(=O)c1ccncc1. The van der Waals surface area contributed by atoms with Crippen LogP contribution in [0.15, 0.2) is 24.5 Å². The maximum Gasteiger partial charge on any atom is 0.320 e. The Morgan fingerprint density at radius 3 is 2.35 bits per heavy atom. The molecule has 8 nitrogen and oxygen atoms in total. The summed E-state index contributed by atoms with van der Waals surface area (Å²) in [6.07, 6.45) is 5.23. The van der Waals surface area contributed by atoms with Crippen molar-refractivity contribution < 1.29 is 14.7 Å². The maximum atomic E-state index is 10.7. The standard InChI is InChI=1S/C6H7N3O.C6H14N2O2/c7-9-6(10)5-1-3-8-4-2-5;7-4-2-1-3-5(8)6(9)10/h1-4H,7H2,(H,9,10);5H,1-4,7-8H2,(H,9,10)/t;5-/m.0/s1. The fourth-order valence-corrected chi connectivity index (χ4v) is 1.22. The van der Waals surface area contributed by atoms with Crippen molar-refractivity contribution >= 4 is 11.9 Å². The van der Waals surface area contributed by atoms with Gasteiger partial charge in [-0.3, -0.25) is 20.0 Å². The minimum absolute atomic E-state index is 0.303. The van der Waals surface area contributed by atoms with Crippen LogP contribution in [0.4, 0.5) is 0 Å². The number of pyridine rings is 1. The van der Waals surface area contributed by atoms with Crippen molar-refractivity contribution in [2.75, 3.05) is 6.54 Å². The molecule has 1 aromatic heterocycles. The Bertz CT molecular complexity index is 399. The molecule has 0 radical (unpaired) electrons. The molecule has 0 aliphatic heterocycles. The second kappa shape index (κ2) is 10.9. The number of nitrogens with two attached hydrogens (primary N) is 3. The van der Waals surface area contributed by atoms with Crippen molar-refractivity contribution in [1.29, 1.82) is 0 Å². The van der Waals surface area contributed by atoms with Gasteiger partial charge in [-0.1, -0.05) is 6.42 Å². The summed E-state index contributed by atoms with van der Waals surface area (Å²) < 4.78 is 0. The number of carboxylic acids is 1. The minimum Gasteiger partial charge on any atom is -0.480 e. The number of nitrogen functional groups attached to an aromatic ring is 1. The van der Waals surface area contributed by atoms with Crippen LogP contribution in [-0.2, 0) is 4.79 Å². The van der Waals surface area contributed by atoms with Gasteiger partial charge in [0.2, 0.25) is 0 Å². The summed E-state index contributed by atoms with van der Waals surface area (Å²) in [5, 5.41) is 8.33. The summed E-state index contributed by atoms with van der Waals surface area (Å²) in [7, 11) is 0. The Labute approximate surface area is 117 Å². The Kier molecular flexibility index (Phi) is 9.75. The first kappa shape index (κ1) is 18.0. The number of carboxylic acid groups (broad SMARTS) is 1.